The van der Waals surface area contributed by atoms with Crippen LogP contribution in [0.25, 0.3) is 0 Å². The molecule has 1 aromatic heterocycles. The summed E-state index contributed by atoms with van der Waals surface area (Å²) in [4.78, 5) is 24.2. The molecule has 0 saturated heterocycles. The number of amides is 1. The summed E-state index contributed by atoms with van der Waals surface area (Å²) in [7, 11) is 1.31. The van der Waals surface area contributed by atoms with Crippen molar-refractivity contribution in [3.63, 3.8) is 0 Å². The molecule has 0 saturated carbocycles. The maximum Gasteiger partial charge on any atom is 0.307 e. The highest BCUT2D eigenvalue weighted by Gasteiger charge is 2.22. The molecule has 0 aliphatic heterocycles. The van der Waals surface area contributed by atoms with E-state index in [1.807, 2.05) is 0 Å². The van der Waals surface area contributed by atoms with E-state index in [4.69, 9.17) is 16.3 Å². The molecule has 0 fully saturated rings. The number of esters is 1. The Hall–Kier alpha value is -2.34. The molecule has 25 heavy (non-hydrogen) atoms. The van der Waals surface area contributed by atoms with Gasteiger partial charge in [-0.05, 0) is 30.0 Å². The van der Waals surface area contributed by atoms with Crippen LogP contribution in [-0.4, -0.2) is 29.2 Å². The number of benzene rings is 1. The summed E-state index contributed by atoms with van der Waals surface area (Å²) in [6.45, 7) is 4.18. The molecule has 0 radical (unpaired) electrons. The van der Waals surface area contributed by atoms with Gasteiger partial charge in [0.15, 0.2) is 0 Å². The van der Waals surface area contributed by atoms with E-state index in [1.165, 1.54) is 7.11 Å². The average Bonchev–Trinajstić information content (AvgIpc) is 3.02. The maximum atomic E-state index is 12.5. The third-order valence-electron chi connectivity index (χ3n) is 3.68. The van der Waals surface area contributed by atoms with E-state index in [1.54, 1.807) is 30.3 Å². The Kier molecular flexibility index (Phi) is 6.58. The van der Waals surface area contributed by atoms with Crippen LogP contribution in [0.4, 0.5) is 0 Å². The number of hydrogen-bond donors (Lipinski definition) is 2. The number of nitrogens with zero attached hydrogens (tertiary/aromatic N) is 1. The smallest absolute Gasteiger partial charge is 0.307 e. The first-order valence-corrected chi connectivity index (χ1v) is 8.45. The molecular weight excluding hydrogens is 342 g/mol. The Morgan fingerprint density at radius 3 is 2.68 bits per heavy atom. The van der Waals surface area contributed by atoms with Crippen LogP contribution in [0.1, 0.15) is 48.1 Å². The summed E-state index contributed by atoms with van der Waals surface area (Å²) in [6, 6.07) is 8.19. The van der Waals surface area contributed by atoms with Crippen LogP contribution in [0.15, 0.2) is 30.3 Å². The predicted molar refractivity (Wildman–Crippen MR) is 95.4 cm³/mol. The lowest BCUT2D eigenvalue weighted by molar-refractivity contribution is -0.141. The lowest BCUT2D eigenvalue weighted by Gasteiger charge is -2.18. The van der Waals surface area contributed by atoms with Gasteiger partial charge in [-0.2, -0.15) is 5.10 Å². The Balaban J connectivity index is 2.18. The van der Waals surface area contributed by atoms with Crippen molar-refractivity contribution in [2.45, 2.75) is 32.7 Å². The van der Waals surface area contributed by atoms with Crippen molar-refractivity contribution in [1.82, 2.24) is 15.5 Å². The standard InChI is InChI=1S/C18H22ClN3O3/c1-11(2)8-12-9-16(22-21-12)18(24)20-15(10-17(23)25-3)13-6-4-5-7-14(13)19/h4-7,9,11,15H,8,10H2,1-3H3,(H,20,24)(H,21,22). The van der Waals surface area contributed by atoms with Crippen LogP contribution in [-0.2, 0) is 16.0 Å². The zero-order chi connectivity index (χ0) is 18.4. The van der Waals surface area contributed by atoms with Gasteiger partial charge in [-0.3, -0.25) is 14.7 Å². The molecule has 1 atom stereocenters. The van der Waals surface area contributed by atoms with Gasteiger partial charge in [-0.15, -0.1) is 0 Å². The van der Waals surface area contributed by atoms with Gasteiger partial charge < -0.3 is 10.1 Å². The Bertz CT molecular complexity index is 743. The molecule has 1 heterocycles. The van der Waals surface area contributed by atoms with Crippen molar-refractivity contribution >= 4 is 23.5 Å². The molecule has 1 aromatic carbocycles. The van der Waals surface area contributed by atoms with Gasteiger partial charge >= 0.3 is 5.97 Å². The van der Waals surface area contributed by atoms with Crippen LogP contribution in [0, 0.1) is 5.92 Å². The molecule has 0 spiro atoms. The lowest BCUT2D eigenvalue weighted by atomic mass is 10.0. The number of carbonyl (C=O) groups excluding carboxylic acids is 2. The van der Waals surface area contributed by atoms with Crippen LogP contribution in [0.3, 0.4) is 0 Å². The van der Waals surface area contributed by atoms with Gasteiger partial charge in [0.25, 0.3) is 5.91 Å². The van der Waals surface area contributed by atoms with Crippen molar-refractivity contribution in [3.05, 3.63) is 52.3 Å². The zero-order valence-electron chi connectivity index (χ0n) is 14.5. The van der Waals surface area contributed by atoms with Crippen molar-refractivity contribution < 1.29 is 14.3 Å². The second-order valence-corrected chi connectivity index (χ2v) is 6.61. The van der Waals surface area contributed by atoms with E-state index >= 15 is 0 Å². The number of ether oxygens (including phenoxy) is 1. The molecule has 1 amide bonds. The van der Waals surface area contributed by atoms with Gasteiger partial charge in [0, 0.05) is 10.7 Å². The summed E-state index contributed by atoms with van der Waals surface area (Å²) in [5.74, 6) is -0.362. The summed E-state index contributed by atoms with van der Waals surface area (Å²) in [6.07, 6.45) is 0.783. The first-order valence-electron chi connectivity index (χ1n) is 8.07. The number of H-pyrrole nitrogens is 1. The van der Waals surface area contributed by atoms with Crippen LogP contribution >= 0.6 is 11.6 Å². The topological polar surface area (TPSA) is 84.1 Å². The molecule has 134 valence electrons. The van der Waals surface area contributed by atoms with Crippen molar-refractivity contribution in [2.75, 3.05) is 7.11 Å². The SMILES string of the molecule is COC(=O)CC(NC(=O)c1cc(CC(C)C)[nH]n1)c1ccccc1Cl. The quantitative estimate of drug-likeness (QED) is 0.739. The first kappa shape index (κ1) is 19.0. The first-order chi connectivity index (χ1) is 11.9. The summed E-state index contributed by atoms with van der Waals surface area (Å²) >= 11 is 6.21. The third-order valence-corrected chi connectivity index (χ3v) is 4.02. The number of aromatic nitrogens is 2. The van der Waals surface area contributed by atoms with Crippen molar-refractivity contribution in [2.24, 2.45) is 5.92 Å². The van der Waals surface area contributed by atoms with Crippen molar-refractivity contribution in [3.8, 4) is 0 Å². The van der Waals surface area contributed by atoms with Crippen LogP contribution < -0.4 is 5.32 Å². The fraction of sp³-hybridized carbons (Fsp3) is 0.389. The lowest BCUT2D eigenvalue weighted by Crippen LogP contribution is -2.31. The van der Waals surface area contributed by atoms with Gasteiger partial charge in [0.2, 0.25) is 0 Å². The van der Waals surface area contributed by atoms with E-state index in [0.717, 1.165) is 12.1 Å². The number of halogens is 1. The Morgan fingerprint density at radius 2 is 2.04 bits per heavy atom. The van der Waals surface area contributed by atoms with E-state index in [0.29, 0.717) is 16.5 Å². The number of nitrogens with one attached hydrogen (secondary N) is 2. The van der Waals surface area contributed by atoms with E-state index in [2.05, 4.69) is 29.4 Å². The summed E-state index contributed by atoms with van der Waals surface area (Å²) < 4.78 is 4.72. The number of aromatic amines is 1. The van der Waals surface area contributed by atoms with E-state index < -0.39 is 12.0 Å². The van der Waals surface area contributed by atoms with Gasteiger partial charge in [-0.1, -0.05) is 43.6 Å². The molecule has 0 aliphatic carbocycles. The minimum Gasteiger partial charge on any atom is -0.469 e. The predicted octanol–water partition coefficient (Wildman–Crippen LogP) is 3.30. The van der Waals surface area contributed by atoms with Crippen LogP contribution in [0.5, 0.6) is 0 Å². The molecule has 2 N–H and O–H groups in total. The maximum absolute atomic E-state index is 12.5. The molecule has 0 aliphatic rings. The number of hydrogen-bond acceptors (Lipinski definition) is 4. The normalized spacial score (nSPS) is 12.0. The molecular formula is C18H22ClN3O3. The molecule has 0 bridgehead atoms. The second kappa shape index (κ2) is 8.67. The highest BCUT2D eigenvalue weighted by molar-refractivity contribution is 6.31. The van der Waals surface area contributed by atoms with Gasteiger partial charge in [0.1, 0.15) is 5.69 Å². The van der Waals surface area contributed by atoms with E-state index in [-0.39, 0.29) is 18.0 Å². The average molecular weight is 364 g/mol. The van der Waals surface area contributed by atoms with Gasteiger partial charge in [0.05, 0.1) is 19.6 Å². The zero-order valence-corrected chi connectivity index (χ0v) is 15.3. The third kappa shape index (κ3) is 5.32. The largest absolute Gasteiger partial charge is 0.469 e. The summed E-state index contributed by atoms with van der Waals surface area (Å²) in [5.41, 5.74) is 1.82. The molecule has 7 heteroatoms. The minimum absolute atomic E-state index is 0.0186. The molecule has 1 unspecified atom stereocenters. The van der Waals surface area contributed by atoms with Crippen molar-refractivity contribution in [1.29, 1.82) is 0 Å². The van der Waals surface area contributed by atoms with Gasteiger partial charge in [-0.25, -0.2) is 0 Å². The number of rotatable bonds is 7. The fourth-order valence-electron chi connectivity index (χ4n) is 2.50. The van der Waals surface area contributed by atoms with E-state index in [9.17, 15) is 9.59 Å². The second-order valence-electron chi connectivity index (χ2n) is 6.20. The molecule has 2 aromatic rings. The summed E-state index contributed by atoms with van der Waals surface area (Å²) in [5, 5.41) is 10.2. The molecule has 2 rings (SSSR count). The van der Waals surface area contributed by atoms with Crippen LogP contribution in [0.2, 0.25) is 5.02 Å². The number of carbonyl (C=O) groups is 2. The Morgan fingerprint density at radius 1 is 1.32 bits per heavy atom. The minimum atomic E-state index is -0.598. The number of methoxy groups -OCH3 is 1. The highest BCUT2D eigenvalue weighted by atomic mass is 35.5. The molecule has 6 nitrogen and oxygen atoms in total. The highest BCUT2D eigenvalue weighted by Crippen LogP contribution is 2.25. The monoisotopic (exact) mass is 363 g/mol. The Labute approximate surface area is 151 Å². The fourth-order valence-corrected chi connectivity index (χ4v) is 2.77.